The zero-order valence-electron chi connectivity index (χ0n) is 11.3. The van der Waals surface area contributed by atoms with Crippen molar-refractivity contribution in [2.75, 3.05) is 10.5 Å². The Labute approximate surface area is 137 Å². The summed E-state index contributed by atoms with van der Waals surface area (Å²) in [6.07, 6.45) is 0.730. The molecule has 0 radical (unpaired) electrons. The minimum atomic E-state index is -3.92. The predicted molar refractivity (Wildman–Crippen MR) is 87.9 cm³/mol. The average molecular weight is 366 g/mol. The summed E-state index contributed by atoms with van der Waals surface area (Å²) in [5.74, 6) is 0. The largest absolute Gasteiger partial charge is 0.398 e. The van der Waals surface area contributed by atoms with Gasteiger partial charge in [-0.1, -0.05) is 30.1 Å². The van der Waals surface area contributed by atoms with Crippen LogP contribution in [0.5, 0.6) is 0 Å². The molecule has 0 bridgehead atoms. The maximum atomic E-state index is 12.4. The molecule has 21 heavy (non-hydrogen) atoms. The first-order chi connectivity index (χ1) is 9.74. The van der Waals surface area contributed by atoms with Gasteiger partial charge in [-0.05, 0) is 25.5 Å². The van der Waals surface area contributed by atoms with Crippen LogP contribution in [0, 0.1) is 6.92 Å². The van der Waals surface area contributed by atoms with Gasteiger partial charge in [0, 0.05) is 9.90 Å². The van der Waals surface area contributed by atoms with E-state index in [1.54, 1.807) is 0 Å². The van der Waals surface area contributed by atoms with E-state index in [1.165, 1.54) is 23.5 Å². The number of benzene rings is 1. The lowest BCUT2D eigenvalue weighted by atomic mass is 10.3. The Morgan fingerprint density at radius 2 is 2.05 bits per heavy atom. The van der Waals surface area contributed by atoms with Gasteiger partial charge >= 0.3 is 0 Å². The number of nitrogens with zero attached hydrogens (tertiary/aromatic N) is 1. The first-order valence-corrected chi connectivity index (χ1v) is 9.03. The van der Waals surface area contributed by atoms with Crippen LogP contribution in [0.4, 0.5) is 10.8 Å². The Morgan fingerprint density at radius 3 is 2.57 bits per heavy atom. The number of aromatic nitrogens is 1. The van der Waals surface area contributed by atoms with Crippen LogP contribution in [0.15, 0.2) is 17.0 Å². The van der Waals surface area contributed by atoms with Gasteiger partial charge in [0.25, 0.3) is 10.0 Å². The van der Waals surface area contributed by atoms with Crippen LogP contribution < -0.4 is 10.5 Å². The molecular weight excluding hydrogens is 353 g/mol. The Hall–Kier alpha value is -1.02. The second kappa shape index (κ2) is 6.00. The van der Waals surface area contributed by atoms with E-state index in [9.17, 15) is 8.42 Å². The molecule has 1 aromatic carbocycles. The maximum Gasteiger partial charge on any atom is 0.267 e. The quantitative estimate of drug-likeness (QED) is 0.808. The number of nitrogens with two attached hydrogens (primary N) is 1. The minimum Gasteiger partial charge on any atom is -0.398 e. The first kappa shape index (κ1) is 16.4. The van der Waals surface area contributed by atoms with Gasteiger partial charge in [-0.25, -0.2) is 13.4 Å². The van der Waals surface area contributed by atoms with Crippen molar-refractivity contribution in [2.45, 2.75) is 25.2 Å². The molecule has 2 rings (SSSR count). The summed E-state index contributed by atoms with van der Waals surface area (Å²) in [4.78, 5) is 5.00. The van der Waals surface area contributed by atoms with Crippen molar-refractivity contribution in [1.29, 1.82) is 0 Å². The summed E-state index contributed by atoms with van der Waals surface area (Å²) in [5, 5.41) is 0.529. The lowest BCUT2D eigenvalue weighted by molar-refractivity contribution is 0.601. The Balaban J connectivity index is 2.43. The number of sulfonamides is 1. The smallest absolute Gasteiger partial charge is 0.267 e. The summed E-state index contributed by atoms with van der Waals surface area (Å²) < 4.78 is 27.2. The fraction of sp³-hybridized carbons (Fsp3) is 0.250. The molecule has 0 aliphatic rings. The molecule has 0 spiro atoms. The highest BCUT2D eigenvalue weighted by molar-refractivity contribution is 7.93. The second-order valence-electron chi connectivity index (χ2n) is 4.29. The van der Waals surface area contributed by atoms with Crippen LogP contribution >= 0.6 is 34.5 Å². The number of anilines is 2. The van der Waals surface area contributed by atoms with E-state index in [0.717, 1.165) is 17.0 Å². The summed E-state index contributed by atoms with van der Waals surface area (Å²) in [6.45, 7) is 3.84. The first-order valence-electron chi connectivity index (χ1n) is 5.98. The zero-order chi connectivity index (χ0) is 15.8. The average Bonchev–Trinajstić information content (AvgIpc) is 2.66. The molecule has 0 atom stereocenters. The zero-order valence-corrected chi connectivity index (χ0v) is 14.4. The number of thiazole rings is 1. The van der Waals surface area contributed by atoms with E-state index >= 15 is 0 Å². The summed E-state index contributed by atoms with van der Waals surface area (Å²) in [7, 11) is -3.92. The van der Waals surface area contributed by atoms with Crippen LogP contribution in [-0.2, 0) is 16.4 Å². The van der Waals surface area contributed by atoms with E-state index in [0.29, 0.717) is 0 Å². The van der Waals surface area contributed by atoms with Crippen LogP contribution in [-0.4, -0.2) is 13.4 Å². The van der Waals surface area contributed by atoms with E-state index in [1.807, 2.05) is 13.8 Å². The monoisotopic (exact) mass is 365 g/mol. The molecule has 0 aliphatic heterocycles. The normalized spacial score (nSPS) is 11.6. The van der Waals surface area contributed by atoms with Gasteiger partial charge < -0.3 is 5.73 Å². The van der Waals surface area contributed by atoms with Crippen molar-refractivity contribution in [3.63, 3.8) is 0 Å². The summed E-state index contributed by atoms with van der Waals surface area (Å²) >= 11 is 13.0. The molecule has 114 valence electrons. The number of nitrogen functional groups attached to an aromatic ring is 1. The van der Waals surface area contributed by atoms with Crippen LogP contribution in [0.25, 0.3) is 0 Å². The van der Waals surface area contributed by atoms with Gasteiger partial charge in [-0.2, -0.15) is 0 Å². The van der Waals surface area contributed by atoms with Gasteiger partial charge in [0.15, 0.2) is 5.13 Å². The van der Waals surface area contributed by atoms with E-state index < -0.39 is 10.0 Å². The molecule has 3 N–H and O–H groups in total. The van der Waals surface area contributed by atoms with E-state index in [2.05, 4.69) is 9.71 Å². The van der Waals surface area contributed by atoms with Gasteiger partial charge in [-0.15, -0.1) is 11.3 Å². The third-order valence-electron chi connectivity index (χ3n) is 2.76. The molecule has 0 saturated carbocycles. The topological polar surface area (TPSA) is 85.1 Å². The molecule has 0 unspecified atom stereocenters. The summed E-state index contributed by atoms with van der Waals surface area (Å²) in [5.41, 5.74) is 6.56. The maximum absolute atomic E-state index is 12.4. The van der Waals surface area contributed by atoms with Crippen molar-refractivity contribution in [2.24, 2.45) is 0 Å². The Bertz CT molecular complexity index is 765. The standard InChI is InChI=1S/C12H13Cl2N3O2S2/c1-3-10-6(2)20-12(16-10)17-21(18,19)11-8(14)4-7(13)5-9(11)15/h4-5H,3,15H2,1-2H3,(H,16,17). The van der Waals surface area contributed by atoms with Crippen molar-refractivity contribution >= 4 is 55.4 Å². The summed E-state index contributed by atoms with van der Waals surface area (Å²) in [6, 6.07) is 2.67. The number of rotatable bonds is 4. The van der Waals surface area contributed by atoms with E-state index in [4.69, 9.17) is 28.9 Å². The number of hydrogen-bond acceptors (Lipinski definition) is 5. The van der Waals surface area contributed by atoms with Crippen molar-refractivity contribution < 1.29 is 8.42 Å². The molecule has 1 heterocycles. The third-order valence-corrected chi connectivity index (χ3v) is 5.90. The van der Waals surface area contributed by atoms with Gasteiger partial charge in [0.2, 0.25) is 0 Å². The molecular formula is C12H13Cl2N3O2S2. The molecule has 0 fully saturated rings. The van der Waals surface area contributed by atoms with Crippen molar-refractivity contribution in [1.82, 2.24) is 4.98 Å². The molecule has 0 aliphatic carbocycles. The number of hydrogen-bond donors (Lipinski definition) is 2. The highest BCUT2D eigenvalue weighted by atomic mass is 35.5. The van der Waals surface area contributed by atoms with Crippen molar-refractivity contribution in [3.05, 3.63) is 32.7 Å². The van der Waals surface area contributed by atoms with Gasteiger partial charge in [0.1, 0.15) is 4.90 Å². The van der Waals surface area contributed by atoms with Crippen LogP contribution in [0.2, 0.25) is 10.0 Å². The lowest BCUT2D eigenvalue weighted by Gasteiger charge is -2.10. The van der Waals surface area contributed by atoms with Crippen LogP contribution in [0.1, 0.15) is 17.5 Å². The van der Waals surface area contributed by atoms with E-state index in [-0.39, 0.29) is 25.8 Å². The Kier molecular flexibility index (Phi) is 4.67. The fourth-order valence-electron chi connectivity index (χ4n) is 1.83. The molecule has 0 saturated heterocycles. The molecule has 0 amide bonds. The number of aryl methyl sites for hydroxylation is 2. The second-order valence-corrected chi connectivity index (χ2v) is 7.95. The predicted octanol–water partition coefficient (Wildman–Crippen LogP) is 3.70. The number of halogens is 2. The van der Waals surface area contributed by atoms with Gasteiger partial charge in [0.05, 0.1) is 16.4 Å². The third kappa shape index (κ3) is 3.42. The minimum absolute atomic E-state index is 0.0102. The lowest BCUT2D eigenvalue weighted by Crippen LogP contribution is -2.15. The molecule has 9 heteroatoms. The Morgan fingerprint density at radius 1 is 1.38 bits per heavy atom. The highest BCUT2D eigenvalue weighted by Gasteiger charge is 2.23. The van der Waals surface area contributed by atoms with Crippen molar-refractivity contribution in [3.8, 4) is 0 Å². The van der Waals surface area contributed by atoms with Gasteiger partial charge in [-0.3, -0.25) is 4.72 Å². The molecule has 5 nitrogen and oxygen atoms in total. The molecule has 2 aromatic rings. The highest BCUT2D eigenvalue weighted by Crippen LogP contribution is 2.33. The SMILES string of the molecule is CCc1nc(NS(=O)(=O)c2c(N)cc(Cl)cc2Cl)sc1C. The number of nitrogens with one attached hydrogen (secondary N) is 1. The van der Waals surface area contributed by atoms with Crippen LogP contribution in [0.3, 0.4) is 0 Å². The molecule has 1 aromatic heterocycles. The fourth-order valence-corrected chi connectivity index (χ4v) is 4.96.